The summed E-state index contributed by atoms with van der Waals surface area (Å²) in [5, 5.41) is 5.80. The van der Waals surface area contributed by atoms with Gasteiger partial charge >= 0.3 is 0 Å². The van der Waals surface area contributed by atoms with E-state index in [2.05, 4.69) is 15.5 Å². The van der Waals surface area contributed by atoms with Crippen molar-refractivity contribution < 1.29 is 9.59 Å². The molecule has 1 heterocycles. The second-order valence-corrected chi connectivity index (χ2v) is 7.59. The number of carbonyl (C=O) groups excluding carboxylic acids is 2. The van der Waals surface area contributed by atoms with Crippen LogP contribution in [0.1, 0.15) is 43.7 Å². The van der Waals surface area contributed by atoms with E-state index in [1.807, 2.05) is 42.5 Å². The molecule has 1 saturated heterocycles. The summed E-state index contributed by atoms with van der Waals surface area (Å²) in [6.45, 7) is 2.36. The van der Waals surface area contributed by atoms with Crippen LogP contribution in [0.2, 0.25) is 0 Å². The van der Waals surface area contributed by atoms with E-state index in [0.717, 1.165) is 31.5 Å². The molecule has 31 heavy (non-hydrogen) atoms. The van der Waals surface area contributed by atoms with E-state index in [1.165, 1.54) is 12.8 Å². The zero-order chi connectivity index (χ0) is 20.5. The van der Waals surface area contributed by atoms with Crippen LogP contribution in [0.25, 0.3) is 0 Å². The van der Waals surface area contributed by atoms with Gasteiger partial charge in [0.25, 0.3) is 0 Å². The molecule has 8 heteroatoms. The van der Waals surface area contributed by atoms with Gasteiger partial charge in [-0.1, -0.05) is 49.2 Å². The molecule has 2 aromatic carbocycles. The summed E-state index contributed by atoms with van der Waals surface area (Å²) in [5.41, 5.74) is 8.37. The minimum Gasteiger partial charge on any atom is -0.326 e. The molecular weight excluding hydrogens is 435 g/mol. The Balaban J connectivity index is 0.00000240. The molecule has 1 unspecified atom stereocenters. The van der Waals surface area contributed by atoms with Crippen molar-refractivity contribution in [3.05, 3.63) is 60.2 Å². The van der Waals surface area contributed by atoms with E-state index in [-0.39, 0.29) is 49.1 Å². The lowest BCUT2D eigenvalue weighted by molar-refractivity contribution is -0.117. The summed E-state index contributed by atoms with van der Waals surface area (Å²) >= 11 is 0. The highest BCUT2D eigenvalue weighted by atomic mass is 35.5. The maximum Gasteiger partial charge on any atom is 0.238 e. The van der Waals surface area contributed by atoms with Crippen molar-refractivity contribution >= 4 is 48.0 Å². The van der Waals surface area contributed by atoms with E-state index in [9.17, 15) is 9.59 Å². The van der Waals surface area contributed by atoms with Gasteiger partial charge in [0.15, 0.2) is 0 Å². The maximum absolute atomic E-state index is 12.4. The molecule has 3 rings (SSSR count). The largest absolute Gasteiger partial charge is 0.326 e. The monoisotopic (exact) mass is 466 g/mol. The Bertz CT molecular complexity index is 812. The predicted octanol–water partition coefficient (Wildman–Crippen LogP) is 4.37. The van der Waals surface area contributed by atoms with Gasteiger partial charge in [-0.25, -0.2) is 0 Å². The summed E-state index contributed by atoms with van der Waals surface area (Å²) in [6.07, 6.45) is 4.98. The molecule has 1 aliphatic rings. The van der Waals surface area contributed by atoms with Gasteiger partial charge in [0.2, 0.25) is 11.8 Å². The smallest absolute Gasteiger partial charge is 0.238 e. The summed E-state index contributed by atoms with van der Waals surface area (Å²) < 4.78 is 0. The summed E-state index contributed by atoms with van der Waals surface area (Å²) in [4.78, 5) is 26.9. The van der Waals surface area contributed by atoms with Crippen LogP contribution in [-0.2, 0) is 9.59 Å². The Labute approximate surface area is 196 Å². The van der Waals surface area contributed by atoms with Gasteiger partial charge in [-0.15, -0.1) is 24.8 Å². The number of anilines is 2. The Hall–Kier alpha value is -2.12. The predicted molar refractivity (Wildman–Crippen MR) is 131 cm³/mol. The van der Waals surface area contributed by atoms with Gasteiger partial charge in [0.05, 0.1) is 6.54 Å². The number of hydrogen-bond acceptors (Lipinski definition) is 4. The van der Waals surface area contributed by atoms with E-state index in [1.54, 1.807) is 12.1 Å². The molecular formula is C23H32Cl2N4O2. The van der Waals surface area contributed by atoms with Crippen LogP contribution in [0.4, 0.5) is 11.4 Å². The van der Waals surface area contributed by atoms with Gasteiger partial charge in [-0.2, -0.15) is 0 Å². The first-order valence-corrected chi connectivity index (χ1v) is 10.3. The molecule has 6 nitrogen and oxygen atoms in total. The summed E-state index contributed by atoms with van der Waals surface area (Å²) in [5.74, 6) is -0.184. The first kappa shape index (κ1) is 26.9. The molecule has 2 amide bonds. The topological polar surface area (TPSA) is 87.5 Å². The quantitative estimate of drug-likeness (QED) is 0.564. The van der Waals surface area contributed by atoms with Crippen LogP contribution in [-0.4, -0.2) is 36.3 Å². The third kappa shape index (κ3) is 9.27. The Morgan fingerprint density at radius 2 is 1.42 bits per heavy atom. The van der Waals surface area contributed by atoms with E-state index in [4.69, 9.17) is 5.73 Å². The normalized spacial score (nSPS) is 14.9. The third-order valence-corrected chi connectivity index (χ3v) is 5.13. The van der Waals surface area contributed by atoms with Crippen LogP contribution in [0.3, 0.4) is 0 Å². The minimum absolute atomic E-state index is 0. The molecule has 0 spiro atoms. The van der Waals surface area contributed by atoms with E-state index < -0.39 is 0 Å². The SMILES string of the molecule is Cl.Cl.NC(CC(=O)Nc1cccc(NC(=O)CN2CCCCCC2)c1)c1ccccc1. The van der Waals surface area contributed by atoms with E-state index in [0.29, 0.717) is 17.9 Å². The molecule has 1 aliphatic heterocycles. The highest BCUT2D eigenvalue weighted by Crippen LogP contribution is 2.18. The first-order chi connectivity index (χ1) is 14.1. The van der Waals surface area contributed by atoms with Crippen molar-refractivity contribution in [3.63, 3.8) is 0 Å². The van der Waals surface area contributed by atoms with Crippen LogP contribution < -0.4 is 16.4 Å². The van der Waals surface area contributed by atoms with Gasteiger partial charge in [-0.05, 0) is 49.7 Å². The minimum atomic E-state index is -0.354. The summed E-state index contributed by atoms with van der Waals surface area (Å²) in [7, 11) is 0. The van der Waals surface area contributed by atoms with Crippen molar-refractivity contribution in [1.29, 1.82) is 0 Å². The van der Waals surface area contributed by atoms with Gasteiger partial charge in [0, 0.05) is 23.8 Å². The molecule has 0 aromatic heterocycles. The highest BCUT2D eigenvalue weighted by molar-refractivity contribution is 5.95. The number of carbonyl (C=O) groups is 2. The summed E-state index contributed by atoms with van der Waals surface area (Å²) in [6, 6.07) is 16.4. The molecule has 0 radical (unpaired) electrons. The lowest BCUT2D eigenvalue weighted by Crippen LogP contribution is -2.33. The fourth-order valence-electron chi connectivity index (χ4n) is 3.60. The zero-order valence-corrected chi connectivity index (χ0v) is 19.2. The van der Waals surface area contributed by atoms with Crippen LogP contribution in [0.15, 0.2) is 54.6 Å². The average molecular weight is 467 g/mol. The van der Waals surface area contributed by atoms with Crippen molar-refractivity contribution in [2.24, 2.45) is 5.73 Å². The van der Waals surface area contributed by atoms with Gasteiger partial charge in [-0.3, -0.25) is 14.5 Å². The fourth-order valence-corrected chi connectivity index (χ4v) is 3.60. The Morgan fingerprint density at radius 1 is 0.839 bits per heavy atom. The molecule has 0 bridgehead atoms. The molecule has 1 fully saturated rings. The van der Waals surface area contributed by atoms with Gasteiger partial charge < -0.3 is 16.4 Å². The number of likely N-dealkylation sites (tertiary alicyclic amines) is 1. The lowest BCUT2D eigenvalue weighted by atomic mass is 10.0. The number of nitrogens with one attached hydrogen (secondary N) is 2. The van der Waals surface area contributed by atoms with Crippen molar-refractivity contribution in [3.8, 4) is 0 Å². The second kappa shape index (κ2) is 14.0. The van der Waals surface area contributed by atoms with Crippen molar-refractivity contribution in [2.75, 3.05) is 30.3 Å². The number of benzene rings is 2. The van der Waals surface area contributed by atoms with Crippen LogP contribution >= 0.6 is 24.8 Å². The molecule has 0 aliphatic carbocycles. The number of nitrogens with two attached hydrogens (primary N) is 1. The van der Waals surface area contributed by atoms with Crippen molar-refractivity contribution in [1.82, 2.24) is 4.90 Å². The van der Waals surface area contributed by atoms with Crippen LogP contribution in [0, 0.1) is 0 Å². The fraction of sp³-hybridized carbons (Fsp3) is 0.391. The third-order valence-electron chi connectivity index (χ3n) is 5.13. The van der Waals surface area contributed by atoms with E-state index >= 15 is 0 Å². The number of amides is 2. The highest BCUT2D eigenvalue weighted by Gasteiger charge is 2.14. The molecule has 2 aromatic rings. The Morgan fingerprint density at radius 3 is 2.03 bits per heavy atom. The molecule has 170 valence electrons. The van der Waals surface area contributed by atoms with Gasteiger partial charge in [0.1, 0.15) is 0 Å². The average Bonchev–Trinajstić information content (AvgIpc) is 2.97. The number of hydrogen-bond donors (Lipinski definition) is 3. The molecule has 0 saturated carbocycles. The second-order valence-electron chi connectivity index (χ2n) is 7.59. The molecule has 1 atom stereocenters. The molecule has 4 N–H and O–H groups in total. The maximum atomic E-state index is 12.4. The number of halogens is 2. The van der Waals surface area contributed by atoms with Crippen LogP contribution in [0.5, 0.6) is 0 Å². The first-order valence-electron chi connectivity index (χ1n) is 10.3. The lowest BCUT2D eigenvalue weighted by Gasteiger charge is -2.19. The Kier molecular flexibility index (Phi) is 12.2. The number of nitrogens with zero attached hydrogens (tertiary/aromatic N) is 1. The van der Waals surface area contributed by atoms with Crippen molar-refractivity contribution in [2.45, 2.75) is 38.1 Å². The number of rotatable bonds is 7. The zero-order valence-electron chi connectivity index (χ0n) is 17.6. The standard InChI is InChI=1S/C23H30N4O2.2ClH/c24-21(18-9-4-3-5-10-18)16-22(28)25-19-11-8-12-20(15-19)26-23(29)17-27-13-6-1-2-7-14-27;;/h3-5,8-12,15,21H,1-2,6-7,13-14,16-17,24H2,(H,25,28)(H,26,29);2*1H.